The SMILES string of the molecule is COc1ccc(F)cc1C(=O)C(N)c1ccc(-c2nc(C3CCC3(F)F)n(N)c2C(=O)O)cc1. The second-order valence-electron chi connectivity index (χ2n) is 8.00. The lowest BCUT2D eigenvalue weighted by molar-refractivity contribution is -0.0995. The fourth-order valence-electron chi connectivity index (χ4n) is 3.97. The molecule has 34 heavy (non-hydrogen) atoms. The van der Waals surface area contributed by atoms with E-state index in [0.717, 1.165) is 12.1 Å². The van der Waals surface area contributed by atoms with Crippen molar-refractivity contribution in [3.8, 4) is 17.0 Å². The van der Waals surface area contributed by atoms with Gasteiger partial charge in [-0.25, -0.2) is 27.6 Å². The number of methoxy groups -OCH3 is 1. The van der Waals surface area contributed by atoms with Crippen molar-refractivity contribution in [1.29, 1.82) is 0 Å². The second-order valence-corrected chi connectivity index (χ2v) is 8.00. The van der Waals surface area contributed by atoms with Crippen LogP contribution in [0, 0.1) is 5.82 Å². The van der Waals surface area contributed by atoms with Crippen LogP contribution < -0.4 is 16.3 Å². The second kappa shape index (κ2) is 8.49. The highest BCUT2D eigenvalue weighted by atomic mass is 19.3. The molecule has 0 radical (unpaired) electrons. The topological polar surface area (TPSA) is 133 Å². The van der Waals surface area contributed by atoms with Crippen LogP contribution in [0.1, 0.15) is 57.0 Å². The normalized spacial score (nSPS) is 17.6. The van der Waals surface area contributed by atoms with E-state index in [4.69, 9.17) is 16.3 Å². The fourth-order valence-corrected chi connectivity index (χ4v) is 3.97. The first-order valence-corrected chi connectivity index (χ1v) is 10.3. The summed E-state index contributed by atoms with van der Waals surface area (Å²) in [7, 11) is 1.34. The molecule has 2 aromatic carbocycles. The van der Waals surface area contributed by atoms with Gasteiger partial charge < -0.3 is 21.4 Å². The summed E-state index contributed by atoms with van der Waals surface area (Å²) < 4.78 is 47.3. The van der Waals surface area contributed by atoms with E-state index in [9.17, 15) is 27.9 Å². The number of nitrogens with zero attached hydrogens (tertiary/aromatic N) is 2. The molecule has 5 N–H and O–H groups in total. The van der Waals surface area contributed by atoms with Crippen molar-refractivity contribution in [3.05, 3.63) is 70.9 Å². The van der Waals surface area contributed by atoms with Crippen LogP contribution in [0.3, 0.4) is 0 Å². The summed E-state index contributed by atoms with van der Waals surface area (Å²) in [5.74, 6) is -1.13. The van der Waals surface area contributed by atoms with Crippen molar-refractivity contribution in [2.75, 3.05) is 13.0 Å². The average molecular weight is 474 g/mol. The molecule has 1 aliphatic rings. The van der Waals surface area contributed by atoms with Gasteiger partial charge in [-0.2, -0.15) is 0 Å². The molecular formula is C23H21F3N4O4. The number of nitrogens with two attached hydrogens (primary N) is 2. The number of alkyl halides is 2. The predicted molar refractivity (Wildman–Crippen MR) is 116 cm³/mol. The van der Waals surface area contributed by atoms with E-state index in [1.54, 1.807) is 0 Å². The van der Waals surface area contributed by atoms with Gasteiger partial charge in [0.1, 0.15) is 23.1 Å². The number of hydrogen-bond acceptors (Lipinski definition) is 6. The van der Waals surface area contributed by atoms with Crippen LogP contribution in [0.4, 0.5) is 13.2 Å². The molecule has 0 aliphatic heterocycles. The molecule has 0 spiro atoms. The van der Waals surface area contributed by atoms with Gasteiger partial charge in [0.2, 0.25) is 0 Å². The van der Waals surface area contributed by atoms with Crippen LogP contribution in [0.15, 0.2) is 42.5 Å². The Morgan fingerprint density at radius 3 is 2.44 bits per heavy atom. The van der Waals surface area contributed by atoms with Crippen molar-refractivity contribution in [2.45, 2.75) is 30.7 Å². The number of nitrogen functional groups attached to an aromatic ring is 1. The van der Waals surface area contributed by atoms with Gasteiger partial charge in [0.25, 0.3) is 5.92 Å². The quantitative estimate of drug-likeness (QED) is 0.352. The van der Waals surface area contributed by atoms with Crippen molar-refractivity contribution in [1.82, 2.24) is 9.66 Å². The van der Waals surface area contributed by atoms with Crippen LogP contribution in [0.2, 0.25) is 0 Å². The first kappa shape index (κ1) is 23.3. The number of halogens is 3. The van der Waals surface area contributed by atoms with Crippen molar-refractivity contribution < 1.29 is 32.6 Å². The average Bonchev–Trinajstić information content (AvgIpc) is 3.14. The van der Waals surface area contributed by atoms with Gasteiger partial charge in [-0.1, -0.05) is 24.3 Å². The van der Waals surface area contributed by atoms with Gasteiger partial charge in [-0.05, 0) is 30.2 Å². The largest absolute Gasteiger partial charge is 0.496 e. The minimum absolute atomic E-state index is 0.0276. The third kappa shape index (κ3) is 3.87. The number of carboxylic acids is 1. The zero-order valence-electron chi connectivity index (χ0n) is 18.0. The van der Waals surface area contributed by atoms with Crippen LogP contribution in [0.25, 0.3) is 11.3 Å². The van der Waals surface area contributed by atoms with E-state index >= 15 is 0 Å². The fraction of sp³-hybridized carbons (Fsp3) is 0.261. The van der Waals surface area contributed by atoms with Crippen molar-refractivity contribution >= 4 is 11.8 Å². The van der Waals surface area contributed by atoms with Gasteiger partial charge in [-0.3, -0.25) is 4.79 Å². The van der Waals surface area contributed by atoms with Gasteiger partial charge in [0, 0.05) is 12.0 Å². The number of ether oxygens (including phenoxy) is 1. The van der Waals surface area contributed by atoms with E-state index in [2.05, 4.69) is 4.98 Å². The Morgan fingerprint density at radius 2 is 1.91 bits per heavy atom. The van der Waals surface area contributed by atoms with Crippen LogP contribution in [0.5, 0.6) is 5.75 Å². The van der Waals surface area contributed by atoms with Crippen molar-refractivity contribution in [3.63, 3.8) is 0 Å². The van der Waals surface area contributed by atoms with Crippen LogP contribution in [-0.4, -0.2) is 39.6 Å². The molecule has 178 valence electrons. The summed E-state index contributed by atoms with van der Waals surface area (Å²) in [6.45, 7) is 0. The number of aromatic nitrogens is 2. The van der Waals surface area contributed by atoms with E-state index < -0.39 is 41.1 Å². The molecule has 4 rings (SSSR count). The number of carbonyl (C=O) groups is 2. The lowest BCUT2D eigenvalue weighted by atomic mass is 9.80. The summed E-state index contributed by atoms with van der Waals surface area (Å²) in [5.41, 5.74) is 6.19. The Balaban J connectivity index is 1.66. The summed E-state index contributed by atoms with van der Waals surface area (Å²) in [6, 6.07) is 8.20. The van der Waals surface area contributed by atoms with Gasteiger partial charge in [-0.15, -0.1) is 0 Å². The van der Waals surface area contributed by atoms with E-state index in [0.29, 0.717) is 10.2 Å². The molecule has 3 aromatic rings. The highest BCUT2D eigenvalue weighted by Crippen LogP contribution is 2.50. The van der Waals surface area contributed by atoms with Crippen LogP contribution >= 0.6 is 0 Å². The standard InChI is InChI=1S/C23H21F3N4O4/c1-34-16-7-6-13(24)10-14(16)20(31)17(27)11-2-4-12(5-3-11)18-19(22(32)33)30(28)21(29-18)15-8-9-23(15,25)26/h2-7,10,15,17H,8-9,27-28H2,1H3,(H,32,33). The van der Waals surface area contributed by atoms with Crippen molar-refractivity contribution in [2.24, 2.45) is 5.73 Å². The number of carboxylic acid groups (broad SMARTS) is 1. The number of benzene rings is 2. The summed E-state index contributed by atoms with van der Waals surface area (Å²) >= 11 is 0. The minimum Gasteiger partial charge on any atom is -0.496 e. The summed E-state index contributed by atoms with van der Waals surface area (Å²) in [4.78, 5) is 28.8. The highest BCUT2D eigenvalue weighted by Gasteiger charge is 2.52. The lowest BCUT2D eigenvalue weighted by Gasteiger charge is -2.35. The highest BCUT2D eigenvalue weighted by molar-refractivity contribution is 6.03. The van der Waals surface area contributed by atoms with Gasteiger partial charge >= 0.3 is 5.97 Å². The number of carbonyl (C=O) groups excluding carboxylic acids is 1. The van der Waals surface area contributed by atoms with E-state index in [1.807, 2.05) is 0 Å². The smallest absolute Gasteiger partial charge is 0.356 e. The monoisotopic (exact) mass is 474 g/mol. The van der Waals surface area contributed by atoms with Crippen LogP contribution in [-0.2, 0) is 0 Å². The molecule has 11 heteroatoms. The number of rotatable bonds is 7. The zero-order chi connectivity index (χ0) is 24.8. The predicted octanol–water partition coefficient (Wildman–Crippen LogP) is 3.51. The third-order valence-corrected chi connectivity index (χ3v) is 5.98. The van der Waals surface area contributed by atoms with Gasteiger partial charge in [0.05, 0.1) is 24.6 Å². The van der Waals surface area contributed by atoms with Gasteiger partial charge in [0.15, 0.2) is 11.5 Å². The van der Waals surface area contributed by atoms with E-state index in [-0.39, 0.29) is 41.2 Å². The lowest BCUT2D eigenvalue weighted by Crippen LogP contribution is -2.39. The molecule has 0 saturated heterocycles. The number of aromatic carboxylic acids is 1. The molecule has 8 nitrogen and oxygen atoms in total. The zero-order valence-corrected chi connectivity index (χ0v) is 18.0. The Hall–Kier alpha value is -3.86. The molecule has 0 amide bonds. The Morgan fingerprint density at radius 1 is 1.24 bits per heavy atom. The van der Waals surface area contributed by atoms with E-state index in [1.165, 1.54) is 37.4 Å². The number of hydrogen-bond donors (Lipinski definition) is 3. The Bertz CT molecular complexity index is 1270. The number of ketones is 1. The minimum atomic E-state index is -3.01. The maximum atomic E-state index is 13.9. The maximum absolute atomic E-state index is 13.9. The molecule has 1 saturated carbocycles. The Kier molecular flexibility index (Phi) is 5.82. The molecule has 2 atom stereocenters. The molecule has 1 aromatic heterocycles. The molecule has 2 unspecified atom stereocenters. The molecule has 1 heterocycles. The summed E-state index contributed by atoms with van der Waals surface area (Å²) in [5, 5.41) is 9.60. The first-order valence-electron chi connectivity index (χ1n) is 10.3. The third-order valence-electron chi connectivity index (χ3n) is 5.98. The first-order chi connectivity index (χ1) is 16.0. The number of imidazole rings is 1. The number of Topliss-reactive ketones (excluding diaryl/α,β-unsaturated/α-hetero) is 1. The maximum Gasteiger partial charge on any atom is 0.356 e. The molecular weight excluding hydrogens is 453 g/mol. The molecule has 0 bridgehead atoms. The molecule has 1 aliphatic carbocycles. The Labute approximate surface area is 191 Å². The summed E-state index contributed by atoms with van der Waals surface area (Å²) in [6.07, 6.45) is -0.182. The molecule has 1 fully saturated rings.